The number of nitrogens with one attached hydrogen (secondary N) is 1. The molecule has 0 unspecified atom stereocenters. The molecule has 0 aliphatic heterocycles. The number of esters is 1. The molecule has 17 heavy (non-hydrogen) atoms. The normalized spacial score (nSPS) is 10.2. The number of benzene rings is 1. The Bertz CT molecular complexity index is 536. The van der Waals surface area contributed by atoms with E-state index in [1.165, 1.54) is 0 Å². The molecule has 0 atom stereocenters. The van der Waals surface area contributed by atoms with Crippen molar-refractivity contribution in [2.45, 2.75) is 6.92 Å². The van der Waals surface area contributed by atoms with Crippen molar-refractivity contribution in [1.29, 1.82) is 0 Å². The van der Waals surface area contributed by atoms with Crippen LogP contribution in [0.2, 0.25) is 0 Å². The first-order valence-electron chi connectivity index (χ1n) is 5.16. The van der Waals surface area contributed by atoms with Crippen LogP contribution in [0.5, 0.6) is 0 Å². The lowest BCUT2D eigenvalue weighted by molar-refractivity contribution is 0.0512. The fraction of sp³-hybridized carbons (Fsp3) is 0.182. The van der Waals surface area contributed by atoms with Crippen molar-refractivity contribution in [3.05, 3.63) is 30.1 Å². The number of carbonyl (C=O) groups is 1. The van der Waals surface area contributed by atoms with Crippen LogP contribution in [-0.2, 0) is 4.74 Å². The average Bonchev–Trinajstić information content (AvgIpc) is 2.79. The third-order valence-corrected chi connectivity index (χ3v) is 2.16. The zero-order valence-corrected chi connectivity index (χ0v) is 9.30. The summed E-state index contributed by atoms with van der Waals surface area (Å²) in [5.41, 5.74) is 7.02. The summed E-state index contributed by atoms with van der Waals surface area (Å²) in [4.78, 5) is 15.4. The number of nitrogens with two attached hydrogens (primary N) is 1. The highest BCUT2D eigenvalue weighted by molar-refractivity contribution is 5.86. The number of hydrogen-bond acceptors (Lipinski definition) is 5. The molecule has 0 saturated carbocycles. The van der Waals surface area contributed by atoms with Gasteiger partial charge in [-0.2, -0.15) is 5.10 Å². The number of anilines is 1. The molecule has 0 saturated heterocycles. The number of carbonyl (C=O) groups excluding carboxylic acids is 1. The Kier molecular flexibility index (Phi) is 3.04. The van der Waals surface area contributed by atoms with Gasteiger partial charge in [-0.15, -0.1) is 0 Å². The van der Waals surface area contributed by atoms with E-state index in [1.54, 1.807) is 19.1 Å². The van der Waals surface area contributed by atoms with Crippen molar-refractivity contribution in [3.63, 3.8) is 0 Å². The molecule has 1 heterocycles. The molecule has 0 aliphatic carbocycles. The highest BCUT2D eigenvalue weighted by Crippen LogP contribution is 2.21. The van der Waals surface area contributed by atoms with Gasteiger partial charge in [0.1, 0.15) is 0 Å². The molecular formula is C11H12N4O2. The Labute approximate surface area is 97.8 Å². The van der Waals surface area contributed by atoms with Crippen molar-refractivity contribution in [2.24, 2.45) is 0 Å². The van der Waals surface area contributed by atoms with Gasteiger partial charge in [-0.25, -0.2) is 9.78 Å². The van der Waals surface area contributed by atoms with Gasteiger partial charge in [0.15, 0.2) is 5.82 Å². The molecule has 0 spiro atoms. The zero-order valence-electron chi connectivity index (χ0n) is 9.30. The van der Waals surface area contributed by atoms with Gasteiger partial charge in [-0.05, 0) is 19.1 Å². The third kappa shape index (κ3) is 2.25. The number of ether oxygens (including phenoxy) is 1. The van der Waals surface area contributed by atoms with E-state index in [1.807, 2.05) is 12.1 Å². The van der Waals surface area contributed by atoms with Crippen molar-refractivity contribution in [1.82, 2.24) is 15.2 Å². The largest absolute Gasteiger partial charge is 0.460 e. The second kappa shape index (κ2) is 4.65. The summed E-state index contributed by atoms with van der Waals surface area (Å²) in [5.74, 6) is -0.0722. The molecule has 0 amide bonds. The maximum Gasteiger partial charge on any atom is 0.375 e. The Morgan fingerprint density at radius 3 is 2.94 bits per heavy atom. The van der Waals surface area contributed by atoms with E-state index in [4.69, 9.17) is 10.5 Å². The molecule has 0 fully saturated rings. The van der Waals surface area contributed by atoms with Crippen LogP contribution in [0, 0.1) is 0 Å². The quantitative estimate of drug-likeness (QED) is 0.613. The molecule has 6 heteroatoms. The molecule has 0 aliphatic rings. The van der Waals surface area contributed by atoms with Gasteiger partial charge < -0.3 is 10.5 Å². The number of para-hydroxylation sites is 1. The van der Waals surface area contributed by atoms with Crippen LogP contribution >= 0.6 is 0 Å². The predicted octanol–water partition coefficient (Wildman–Crippen LogP) is 1.23. The molecule has 1 aromatic carbocycles. The summed E-state index contributed by atoms with van der Waals surface area (Å²) < 4.78 is 4.80. The summed E-state index contributed by atoms with van der Waals surface area (Å²) in [5, 5.41) is 6.46. The van der Waals surface area contributed by atoms with Crippen LogP contribution in [0.15, 0.2) is 24.3 Å². The van der Waals surface area contributed by atoms with Crippen molar-refractivity contribution in [2.75, 3.05) is 12.3 Å². The first-order valence-corrected chi connectivity index (χ1v) is 5.16. The van der Waals surface area contributed by atoms with E-state index in [9.17, 15) is 4.79 Å². The van der Waals surface area contributed by atoms with Gasteiger partial charge in [0.2, 0.25) is 5.82 Å². The molecule has 3 N–H and O–H groups in total. The van der Waals surface area contributed by atoms with Crippen LogP contribution < -0.4 is 5.73 Å². The summed E-state index contributed by atoms with van der Waals surface area (Å²) in [7, 11) is 0. The second-order valence-corrected chi connectivity index (χ2v) is 3.32. The number of nitrogen functional groups attached to an aromatic ring is 1. The Balaban J connectivity index is 2.30. The number of rotatable bonds is 3. The smallest absolute Gasteiger partial charge is 0.375 e. The van der Waals surface area contributed by atoms with Crippen LogP contribution in [0.3, 0.4) is 0 Å². The number of nitrogens with zero attached hydrogens (tertiary/aromatic N) is 2. The molecule has 6 nitrogen and oxygen atoms in total. The summed E-state index contributed by atoms with van der Waals surface area (Å²) in [6.07, 6.45) is 0. The maximum absolute atomic E-state index is 11.4. The molecule has 1 aromatic heterocycles. The van der Waals surface area contributed by atoms with E-state index >= 15 is 0 Å². The highest BCUT2D eigenvalue weighted by atomic mass is 16.5. The number of aromatic amines is 1. The maximum atomic E-state index is 11.4. The number of H-pyrrole nitrogens is 1. The van der Waals surface area contributed by atoms with Crippen molar-refractivity contribution in [3.8, 4) is 11.4 Å². The molecular weight excluding hydrogens is 220 g/mol. The van der Waals surface area contributed by atoms with Gasteiger partial charge in [0.25, 0.3) is 0 Å². The van der Waals surface area contributed by atoms with E-state index in [0.29, 0.717) is 23.7 Å². The SMILES string of the molecule is CCOC(=O)c1nc(-c2ccccc2N)n[nH]1. The molecule has 2 rings (SSSR count). The van der Waals surface area contributed by atoms with E-state index in [0.717, 1.165) is 0 Å². The lowest BCUT2D eigenvalue weighted by atomic mass is 10.2. The monoisotopic (exact) mass is 232 g/mol. The first kappa shape index (κ1) is 11.1. The Hall–Kier alpha value is -2.37. The molecule has 0 radical (unpaired) electrons. The van der Waals surface area contributed by atoms with Gasteiger partial charge in [0, 0.05) is 11.3 Å². The Morgan fingerprint density at radius 1 is 1.47 bits per heavy atom. The third-order valence-electron chi connectivity index (χ3n) is 2.16. The highest BCUT2D eigenvalue weighted by Gasteiger charge is 2.14. The van der Waals surface area contributed by atoms with Crippen LogP contribution in [0.25, 0.3) is 11.4 Å². The Morgan fingerprint density at radius 2 is 2.24 bits per heavy atom. The lowest BCUT2D eigenvalue weighted by Crippen LogP contribution is -2.06. The molecule has 0 bridgehead atoms. The van der Waals surface area contributed by atoms with Gasteiger partial charge in [0.05, 0.1) is 6.61 Å². The van der Waals surface area contributed by atoms with Crippen LogP contribution in [0.1, 0.15) is 17.5 Å². The van der Waals surface area contributed by atoms with Gasteiger partial charge in [-0.3, -0.25) is 5.10 Å². The summed E-state index contributed by atoms with van der Waals surface area (Å²) in [6.45, 7) is 2.02. The van der Waals surface area contributed by atoms with Gasteiger partial charge in [-0.1, -0.05) is 12.1 Å². The van der Waals surface area contributed by atoms with Crippen molar-refractivity contribution >= 4 is 11.7 Å². The average molecular weight is 232 g/mol. The fourth-order valence-electron chi connectivity index (χ4n) is 1.37. The van der Waals surface area contributed by atoms with E-state index < -0.39 is 5.97 Å². The molecule has 88 valence electrons. The number of aromatic nitrogens is 3. The van der Waals surface area contributed by atoms with Crippen LogP contribution in [0.4, 0.5) is 5.69 Å². The van der Waals surface area contributed by atoms with E-state index in [-0.39, 0.29) is 5.82 Å². The standard InChI is InChI=1S/C11H12N4O2/c1-2-17-11(16)10-13-9(14-15-10)7-5-3-4-6-8(7)12/h3-6H,2,12H2,1H3,(H,13,14,15). The fourth-order valence-corrected chi connectivity index (χ4v) is 1.37. The molecule has 2 aromatic rings. The summed E-state index contributed by atoms with van der Waals surface area (Å²) in [6, 6.07) is 7.17. The van der Waals surface area contributed by atoms with Crippen LogP contribution in [-0.4, -0.2) is 27.8 Å². The minimum Gasteiger partial charge on any atom is -0.460 e. The summed E-state index contributed by atoms with van der Waals surface area (Å²) >= 11 is 0. The number of hydrogen-bond donors (Lipinski definition) is 2. The van der Waals surface area contributed by atoms with Crippen molar-refractivity contribution < 1.29 is 9.53 Å². The topological polar surface area (TPSA) is 93.9 Å². The zero-order chi connectivity index (χ0) is 12.3. The van der Waals surface area contributed by atoms with Gasteiger partial charge >= 0.3 is 5.97 Å². The minimum atomic E-state index is -0.527. The van der Waals surface area contributed by atoms with E-state index in [2.05, 4.69) is 15.2 Å². The predicted molar refractivity (Wildman–Crippen MR) is 62.2 cm³/mol. The second-order valence-electron chi connectivity index (χ2n) is 3.32. The minimum absolute atomic E-state index is 0.0742. The lowest BCUT2D eigenvalue weighted by Gasteiger charge is -1.99. The first-order chi connectivity index (χ1) is 8.22.